The number of hydrogen-bond acceptors (Lipinski definition) is 4. The molecule has 0 aliphatic rings. The highest BCUT2D eigenvalue weighted by Crippen LogP contribution is 2.33. The molecule has 3 aromatic carbocycles. The second kappa shape index (κ2) is 12.9. The van der Waals surface area contributed by atoms with Crippen molar-refractivity contribution < 1.29 is 14.3 Å². The van der Waals surface area contributed by atoms with Crippen LogP contribution < -0.4 is 15.4 Å². The van der Waals surface area contributed by atoms with Crippen molar-refractivity contribution in [3.8, 4) is 11.4 Å². The first-order valence-corrected chi connectivity index (χ1v) is 14.0. The highest BCUT2D eigenvalue weighted by atomic mass is 35.5. The standard InChI is InChI=1S/C33H28Cl2N4O3/c1-21-8-12-23-5-3-7-29(32(23)38-21)42-20-26-27(34)15-16-28(31(26)35)39-18-4-6-25(39)19-37-30(40)17-11-22-9-13-24(14-10-22)33(41)36-2/h3-18H,19-20H2,1-2H3,(H,36,41)(H,37,40)/b17-11+. The average Bonchev–Trinajstić information content (AvgIpc) is 3.47. The number of para-hydroxylation sites is 1. The van der Waals surface area contributed by atoms with E-state index in [1.807, 2.05) is 66.2 Å². The van der Waals surface area contributed by atoms with Gasteiger partial charge in [0.2, 0.25) is 5.91 Å². The monoisotopic (exact) mass is 598 g/mol. The van der Waals surface area contributed by atoms with Crippen LogP contribution in [0.2, 0.25) is 10.0 Å². The Hall–Kier alpha value is -4.59. The van der Waals surface area contributed by atoms with Gasteiger partial charge in [0.15, 0.2) is 0 Å². The van der Waals surface area contributed by atoms with Crippen LogP contribution in [-0.4, -0.2) is 28.4 Å². The molecule has 212 valence electrons. The number of carbonyl (C=O) groups is 2. The summed E-state index contributed by atoms with van der Waals surface area (Å²) in [4.78, 5) is 28.9. The Bertz CT molecular complexity index is 1800. The van der Waals surface area contributed by atoms with Gasteiger partial charge < -0.3 is 19.9 Å². The second-order valence-electron chi connectivity index (χ2n) is 9.55. The summed E-state index contributed by atoms with van der Waals surface area (Å²) in [7, 11) is 1.58. The Morgan fingerprint density at radius 3 is 2.57 bits per heavy atom. The van der Waals surface area contributed by atoms with Crippen molar-refractivity contribution in [3.63, 3.8) is 0 Å². The van der Waals surface area contributed by atoms with E-state index in [-0.39, 0.29) is 25.0 Å². The van der Waals surface area contributed by atoms with Gasteiger partial charge in [-0.3, -0.25) is 9.59 Å². The first-order valence-electron chi connectivity index (χ1n) is 13.2. The third kappa shape index (κ3) is 6.48. The molecule has 0 aliphatic heterocycles. The van der Waals surface area contributed by atoms with Crippen LogP contribution in [0.25, 0.3) is 22.7 Å². The minimum Gasteiger partial charge on any atom is -0.487 e. The summed E-state index contributed by atoms with van der Waals surface area (Å²) in [6.07, 6.45) is 5.02. The molecule has 7 nitrogen and oxygen atoms in total. The number of nitrogens with one attached hydrogen (secondary N) is 2. The lowest BCUT2D eigenvalue weighted by Gasteiger charge is -2.16. The lowest BCUT2D eigenvalue weighted by atomic mass is 10.1. The maximum Gasteiger partial charge on any atom is 0.251 e. The number of pyridine rings is 1. The predicted octanol–water partition coefficient (Wildman–Crippen LogP) is 6.91. The lowest BCUT2D eigenvalue weighted by molar-refractivity contribution is -0.116. The third-order valence-corrected chi connectivity index (χ3v) is 7.50. The van der Waals surface area contributed by atoms with Crippen LogP contribution in [0.3, 0.4) is 0 Å². The number of halogens is 2. The number of amides is 2. The zero-order valence-corrected chi connectivity index (χ0v) is 24.5. The summed E-state index contributed by atoms with van der Waals surface area (Å²) < 4.78 is 8.07. The largest absolute Gasteiger partial charge is 0.487 e. The van der Waals surface area contributed by atoms with Crippen molar-refractivity contribution in [3.05, 3.63) is 129 Å². The van der Waals surface area contributed by atoms with Crippen LogP contribution >= 0.6 is 23.2 Å². The smallest absolute Gasteiger partial charge is 0.251 e. The summed E-state index contributed by atoms with van der Waals surface area (Å²) in [6, 6.07) is 24.2. The Balaban J connectivity index is 1.28. The van der Waals surface area contributed by atoms with Gasteiger partial charge in [0.1, 0.15) is 17.9 Å². The normalized spacial score (nSPS) is 11.1. The number of aryl methyl sites for hydroxylation is 1. The van der Waals surface area contributed by atoms with Crippen LogP contribution in [0, 0.1) is 6.92 Å². The molecule has 0 fully saturated rings. The lowest BCUT2D eigenvalue weighted by Crippen LogP contribution is -2.21. The second-order valence-corrected chi connectivity index (χ2v) is 10.3. The molecule has 0 saturated carbocycles. The Morgan fingerprint density at radius 1 is 0.976 bits per heavy atom. The van der Waals surface area contributed by atoms with E-state index in [1.54, 1.807) is 43.5 Å². The van der Waals surface area contributed by atoms with Crippen molar-refractivity contribution in [1.29, 1.82) is 0 Å². The van der Waals surface area contributed by atoms with Gasteiger partial charge in [-0.25, -0.2) is 4.98 Å². The van der Waals surface area contributed by atoms with Crippen LogP contribution in [-0.2, 0) is 17.9 Å². The number of carbonyl (C=O) groups excluding carboxylic acids is 2. The van der Waals surface area contributed by atoms with Gasteiger partial charge in [0, 0.05) is 52.2 Å². The van der Waals surface area contributed by atoms with E-state index >= 15 is 0 Å². The molecular formula is C33H28Cl2N4O3. The van der Waals surface area contributed by atoms with Gasteiger partial charge in [0.25, 0.3) is 5.91 Å². The molecule has 0 atom stereocenters. The molecule has 0 radical (unpaired) electrons. The predicted molar refractivity (Wildman–Crippen MR) is 167 cm³/mol. The van der Waals surface area contributed by atoms with Gasteiger partial charge in [-0.2, -0.15) is 0 Å². The SMILES string of the molecule is CNC(=O)c1ccc(/C=C/C(=O)NCc2cccn2-c2ccc(Cl)c(COc3cccc4ccc(C)nc34)c2Cl)cc1. The van der Waals surface area contributed by atoms with E-state index < -0.39 is 0 Å². The summed E-state index contributed by atoms with van der Waals surface area (Å²) in [5, 5.41) is 7.41. The van der Waals surface area contributed by atoms with E-state index in [9.17, 15) is 9.59 Å². The molecule has 2 amide bonds. The van der Waals surface area contributed by atoms with Crippen molar-refractivity contribution in [2.45, 2.75) is 20.1 Å². The molecule has 5 rings (SSSR count). The molecule has 2 N–H and O–H groups in total. The van der Waals surface area contributed by atoms with Crippen LogP contribution in [0.1, 0.15) is 32.9 Å². The zero-order valence-electron chi connectivity index (χ0n) is 23.0. The fourth-order valence-corrected chi connectivity index (χ4v) is 5.05. The molecule has 5 aromatic rings. The minimum absolute atomic E-state index is 0.155. The van der Waals surface area contributed by atoms with E-state index in [0.29, 0.717) is 32.6 Å². The van der Waals surface area contributed by atoms with E-state index in [0.717, 1.165) is 27.9 Å². The summed E-state index contributed by atoms with van der Waals surface area (Å²) in [5.74, 6) is 0.228. The highest BCUT2D eigenvalue weighted by molar-refractivity contribution is 6.37. The molecule has 0 aliphatic carbocycles. The van der Waals surface area contributed by atoms with Crippen molar-refractivity contribution in [2.24, 2.45) is 0 Å². The van der Waals surface area contributed by atoms with E-state index in [4.69, 9.17) is 27.9 Å². The summed E-state index contributed by atoms with van der Waals surface area (Å²) >= 11 is 13.4. The number of aromatic nitrogens is 2. The molecule has 2 aromatic heterocycles. The van der Waals surface area contributed by atoms with Crippen molar-refractivity contribution >= 4 is 52.0 Å². The number of fused-ring (bicyclic) bond motifs is 1. The number of nitrogens with zero attached hydrogens (tertiary/aromatic N) is 2. The van der Waals surface area contributed by atoms with Gasteiger partial charge in [-0.05, 0) is 67.1 Å². The third-order valence-electron chi connectivity index (χ3n) is 6.72. The molecule has 0 unspecified atom stereocenters. The minimum atomic E-state index is -0.256. The Labute approximate surface area is 253 Å². The Morgan fingerprint density at radius 2 is 1.79 bits per heavy atom. The molecule has 0 spiro atoms. The fraction of sp³-hybridized carbons (Fsp3) is 0.121. The zero-order chi connectivity index (χ0) is 29.6. The van der Waals surface area contributed by atoms with Gasteiger partial charge in [0.05, 0.1) is 17.3 Å². The first-order chi connectivity index (χ1) is 20.3. The quantitative estimate of drug-likeness (QED) is 0.180. The molecule has 0 saturated heterocycles. The molecule has 0 bridgehead atoms. The molecular weight excluding hydrogens is 571 g/mol. The molecule has 2 heterocycles. The number of benzene rings is 3. The van der Waals surface area contributed by atoms with Crippen LogP contribution in [0.15, 0.2) is 91.1 Å². The molecule has 9 heteroatoms. The maximum absolute atomic E-state index is 12.5. The topological polar surface area (TPSA) is 85.2 Å². The Kier molecular flexibility index (Phi) is 8.91. The number of ether oxygens (including phenoxy) is 1. The number of hydrogen-bond donors (Lipinski definition) is 2. The van der Waals surface area contributed by atoms with Crippen LogP contribution in [0.5, 0.6) is 5.75 Å². The van der Waals surface area contributed by atoms with Crippen molar-refractivity contribution in [1.82, 2.24) is 20.2 Å². The van der Waals surface area contributed by atoms with E-state index in [2.05, 4.69) is 15.6 Å². The summed E-state index contributed by atoms with van der Waals surface area (Å²) in [5.41, 5.74) is 5.23. The molecule has 42 heavy (non-hydrogen) atoms. The first kappa shape index (κ1) is 28.9. The maximum atomic E-state index is 12.5. The van der Waals surface area contributed by atoms with Crippen LogP contribution in [0.4, 0.5) is 0 Å². The summed E-state index contributed by atoms with van der Waals surface area (Å²) in [6.45, 7) is 2.37. The van der Waals surface area contributed by atoms with Gasteiger partial charge in [-0.1, -0.05) is 53.5 Å². The van der Waals surface area contributed by atoms with Crippen molar-refractivity contribution in [2.75, 3.05) is 7.05 Å². The van der Waals surface area contributed by atoms with E-state index in [1.165, 1.54) is 6.08 Å². The van der Waals surface area contributed by atoms with Gasteiger partial charge >= 0.3 is 0 Å². The van der Waals surface area contributed by atoms with Gasteiger partial charge in [-0.15, -0.1) is 0 Å². The number of rotatable bonds is 9. The fourth-order valence-electron chi connectivity index (χ4n) is 4.48. The highest BCUT2D eigenvalue weighted by Gasteiger charge is 2.16. The average molecular weight is 600 g/mol.